The Hall–Kier alpha value is -2.62. The predicted octanol–water partition coefficient (Wildman–Crippen LogP) is 3.68. The molecule has 2 aromatic rings. The molecule has 1 N–H and O–H groups in total. The molecule has 0 unspecified atom stereocenters. The van der Waals surface area contributed by atoms with Crippen LogP contribution in [0.5, 0.6) is 5.75 Å². The van der Waals surface area contributed by atoms with Crippen molar-refractivity contribution in [3.8, 4) is 5.75 Å². The number of hydrogen-bond donors (Lipinski definition) is 1. The standard InChI is InChI=1S/C18H15NO3/c1-9-6-13(20)16-15(17(9)21)11-7-10-4-5-18(2,3)22-14(10)8-12(11)19-16/h4-8,19H,1-3H3. The number of aromatic amines is 1. The number of benzene rings is 1. The summed E-state index contributed by atoms with van der Waals surface area (Å²) in [6, 6.07) is 3.78. The van der Waals surface area contributed by atoms with Gasteiger partial charge in [0.2, 0.25) is 5.78 Å². The summed E-state index contributed by atoms with van der Waals surface area (Å²) in [7, 11) is 0. The quantitative estimate of drug-likeness (QED) is 0.806. The minimum Gasteiger partial charge on any atom is -0.483 e. The van der Waals surface area contributed by atoms with Crippen molar-refractivity contribution in [2.75, 3.05) is 0 Å². The van der Waals surface area contributed by atoms with Crippen molar-refractivity contribution in [2.24, 2.45) is 0 Å². The molecule has 0 saturated carbocycles. The van der Waals surface area contributed by atoms with Gasteiger partial charge < -0.3 is 9.72 Å². The topological polar surface area (TPSA) is 59.2 Å². The fourth-order valence-corrected chi connectivity index (χ4v) is 3.02. The van der Waals surface area contributed by atoms with Gasteiger partial charge in [-0.15, -0.1) is 0 Å². The lowest BCUT2D eigenvalue weighted by Gasteiger charge is -2.27. The summed E-state index contributed by atoms with van der Waals surface area (Å²) in [5.74, 6) is 0.503. The Bertz CT molecular complexity index is 925. The van der Waals surface area contributed by atoms with Gasteiger partial charge in [0.25, 0.3) is 0 Å². The summed E-state index contributed by atoms with van der Waals surface area (Å²) in [5.41, 5.74) is 2.62. The van der Waals surface area contributed by atoms with E-state index in [9.17, 15) is 9.59 Å². The summed E-state index contributed by atoms with van der Waals surface area (Å²) in [6.45, 7) is 5.64. The smallest absolute Gasteiger partial charge is 0.203 e. The molecule has 2 heterocycles. The highest BCUT2D eigenvalue weighted by Crippen LogP contribution is 2.37. The Morgan fingerprint density at radius 1 is 1.18 bits per heavy atom. The van der Waals surface area contributed by atoms with Crippen molar-refractivity contribution in [2.45, 2.75) is 26.4 Å². The number of Topliss-reactive ketones (excluding diaryl/α,β-unsaturated/α-hetero) is 1. The van der Waals surface area contributed by atoms with E-state index in [1.165, 1.54) is 6.08 Å². The molecule has 2 aliphatic rings. The number of carbonyl (C=O) groups is 2. The average molecular weight is 293 g/mol. The highest BCUT2D eigenvalue weighted by atomic mass is 16.5. The summed E-state index contributed by atoms with van der Waals surface area (Å²) >= 11 is 0. The van der Waals surface area contributed by atoms with Crippen molar-refractivity contribution in [1.29, 1.82) is 0 Å². The van der Waals surface area contributed by atoms with Gasteiger partial charge in [0.15, 0.2) is 5.78 Å². The Kier molecular flexibility index (Phi) is 2.36. The van der Waals surface area contributed by atoms with Crippen LogP contribution >= 0.6 is 0 Å². The average Bonchev–Trinajstić information content (AvgIpc) is 2.80. The maximum Gasteiger partial charge on any atom is 0.203 e. The number of hydrogen-bond acceptors (Lipinski definition) is 3. The molecule has 4 nitrogen and oxygen atoms in total. The van der Waals surface area contributed by atoms with Crippen LogP contribution < -0.4 is 4.74 Å². The van der Waals surface area contributed by atoms with Gasteiger partial charge >= 0.3 is 0 Å². The number of ether oxygens (including phenoxy) is 1. The van der Waals surface area contributed by atoms with E-state index in [-0.39, 0.29) is 17.2 Å². The van der Waals surface area contributed by atoms with E-state index in [0.29, 0.717) is 16.8 Å². The molecule has 1 aromatic heterocycles. The molecule has 0 saturated heterocycles. The number of H-pyrrole nitrogens is 1. The molecule has 22 heavy (non-hydrogen) atoms. The molecule has 0 atom stereocenters. The van der Waals surface area contributed by atoms with Gasteiger partial charge in [0.1, 0.15) is 11.4 Å². The van der Waals surface area contributed by atoms with E-state index in [1.807, 2.05) is 38.1 Å². The van der Waals surface area contributed by atoms with E-state index < -0.39 is 0 Å². The van der Waals surface area contributed by atoms with Gasteiger partial charge in [-0.25, -0.2) is 0 Å². The molecule has 4 rings (SSSR count). The van der Waals surface area contributed by atoms with E-state index in [4.69, 9.17) is 4.74 Å². The molecular formula is C18H15NO3. The van der Waals surface area contributed by atoms with Crippen LogP contribution in [0, 0.1) is 0 Å². The van der Waals surface area contributed by atoms with Gasteiger partial charge in [0, 0.05) is 22.6 Å². The van der Waals surface area contributed by atoms with Crippen LogP contribution in [0.2, 0.25) is 0 Å². The fraction of sp³-hybridized carbons (Fsp3) is 0.222. The number of allylic oxidation sites excluding steroid dienone is 2. The third-order valence-electron chi connectivity index (χ3n) is 4.15. The first-order chi connectivity index (χ1) is 10.4. The van der Waals surface area contributed by atoms with Crippen LogP contribution in [0.15, 0.2) is 29.9 Å². The second kappa shape index (κ2) is 3.97. The lowest BCUT2D eigenvalue weighted by molar-refractivity contribution is 0.0983. The number of ketones is 2. The van der Waals surface area contributed by atoms with Gasteiger partial charge in [-0.1, -0.05) is 6.08 Å². The SMILES string of the molecule is CC1=CC(=O)c2[nH]c3cc4c(cc3c2C1=O)C=CC(C)(C)O4. The first-order valence-corrected chi connectivity index (χ1v) is 7.21. The molecule has 110 valence electrons. The van der Waals surface area contributed by atoms with Crippen molar-refractivity contribution in [3.63, 3.8) is 0 Å². The van der Waals surface area contributed by atoms with Crippen LogP contribution in [-0.2, 0) is 0 Å². The molecule has 0 amide bonds. The number of rotatable bonds is 0. The summed E-state index contributed by atoms with van der Waals surface area (Å²) in [6.07, 6.45) is 5.37. The molecule has 1 aliphatic carbocycles. The van der Waals surface area contributed by atoms with Crippen LogP contribution in [-0.4, -0.2) is 22.2 Å². The Morgan fingerprint density at radius 3 is 2.73 bits per heavy atom. The van der Waals surface area contributed by atoms with E-state index >= 15 is 0 Å². The monoisotopic (exact) mass is 293 g/mol. The highest BCUT2D eigenvalue weighted by molar-refractivity contribution is 6.28. The number of fused-ring (bicyclic) bond motifs is 4. The van der Waals surface area contributed by atoms with Crippen LogP contribution in [0.4, 0.5) is 0 Å². The number of aromatic nitrogens is 1. The molecular weight excluding hydrogens is 278 g/mol. The second-order valence-electron chi connectivity index (χ2n) is 6.37. The molecule has 4 heteroatoms. The molecule has 0 fully saturated rings. The minimum atomic E-state index is -0.364. The summed E-state index contributed by atoms with van der Waals surface area (Å²) < 4.78 is 5.94. The first-order valence-electron chi connectivity index (χ1n) is 7.21. The van der Waals surface area contributed by atoms with E-state index in [2.05, 4.69) is 4.98 Å². The highest BCUT2D eigenvalue weighted by Gasteiger charge is 2.29. The van der Waals surface area contributed by atoms with Crippen LogP contribution in [0.1, 0.15) is 47.2 Å². The third-order valence-corrected chi connectivity index (χ3v) is 4.15. The maximum absolute atomic E-state index is 12.4. The molecule has 0 radical (unpaired) electrons. The lowest BCUT2D eigenvalue weighted by atomic mass is 9.92. The van der Waals surface area contributed by atoms with Crippen molar-refractivity contribution in [1.82, 2.24) is 4.98 Å². The lowest BCUT2D eigenvalue weighted by Crippen LogP contribution is -2.27. The summed E-state index contributed by atoms with van der Waals surface area (Å²) in [5, 5.41) is 0.771. The Labute approximate surface area is 127 Å². The minimum absolute atomic E-state index is 0.0955. The van der Waals surface area contributed by atoms with E-state index in [0.717, 1.165) is 22.2 Å². The molecule has 0 bridgehead atoms. The van der Waals surface area contributed by atoms with Crippen LogP contribution in [0.3, 0.4) is 0 Å². The summed E-state index contributed by atoms with van der Waals surface area (Å²) in [4.78, 5) is 27.6. The zero-order valence-corrected chi connectivity index (χ0v) is 12.6. The molecule has 1 aromatic carbocycles. The van der Waals surface area contributed by atoms with Crippen molar-refractivity contribution in [3.05, 3.63) is 46.7 Å². The van der Waals surface area contributed by atoms with Crippen LogP contribution in [0.25, 0.3) is 17.0 Å². The van der Waals surface area contributed by atoms with Crippen molar-refractivity contribution < 1.29 is 14.3 Å². The zero-order chi connectivity index (χ0) is 15.6. The second-order valence-corrected chi connectivity index (χ2v) is 6.37. The van der Waals surface area contributed by atoms with Gasteiger partial charge in [-0.2, -0.15) is 0 Å². The fourth-order valence-electron chi connectivity index (χ4n) is 3.02. The zero-order valence-electron chi connectivity index (χ0n) is 12.6. The largest absolute Gasteiger partial charge is 0.483 e. The normalized spacial score (nSPS) is 18.8. The van der Waals surface area contributed by atoms with Gasteiger partial charge in [0.05, 0.1) is 16.8 Å². The molecule has 0 spiro atoms. The van der Waals surface area contributed by atoms with Gasteiger partial charge in [-0.3, -0.25) is 9.59 Å². The predicted molar refractivity (Wildman–Crippen MR) is 84.5 cm³/mol. The first kappa shape index (κ1) is 13.1. The molecule has 1 aliphatic heterocycles. The van der Waals surface area contributed by atoms with Gasteiger partial charge in [-0.05, 0) is 39.0 Å². The Balaban J connectivity index is 2.00. The number of carbonyl (C=O) groups excluding carboxylic acids is 2. The number of nitrogens with one attached hydrogen (secondary N) is 1. The Morgan fingerprint density at radius 2 is 1.95 bits per heavy atom. The third kappa shape index (κ3) is 1.70. The van der Waals surface area contributed by atoms with Crippen molar-refractivity contribution >= 4 is 28.5 Å². The maximum atomic E-state index is 12.4. The van der Waals surface area contributed by atoms with E-state index in [1.54, 1.807) is 6.92 Å².